The first-order chi connectivity index (χ1) is 12.3. The molecule has 0 N–H and O–H groups in total. The summed E-state index contributed by atoms with van der Waals surface area (Å²) in [6, 6.07) is 0. The van der Waals surface area contributed by atoms with Gasteiger partial charge in [0.25, 0.3) is 0 Å². The van der Waals surface area contributed by atoms with Crippen molar-refractivity contribution < 1.29 is 4.74 Å². The maximum atomic E-state index is 6.11. The van der Waals surface area contributed by atoms with Crippen molar-refractivity contribution in [3.05, 3.63) is 0 Å². The molecule has 3 aliphatic carbocycles. The lowest BCUT2D eigenvalue weighted by atomic mass is 9.56. The van der Waals surface area contributed by atoms with E-state index in [1.165, 1.54) is 70.6 Å². The predicted octanol–water partition coefficient (Wildman–Crippen LogP) is 7.38. The Morgan fingerprint density at radius 2 is 1.40 bits per heavy atom. The molecule has 1 nitrogen and oxygen atoms in total. The van der Waals surface area contributed by atoms with Gasteiger partial charge in [-0.25, -0.2) is 0 Å². The maximum Gasteiger partial charge on any atom is 0.0578 e. The molecule has 0 saturated heterocycles. The summed E-state index contributed by atoms with van der Waals surface area (Å²) in [6.07, 6.45) is 22.5. The quantitative estimate of drug-likeness (QED) is 0.395. The average molecular weight is 349 g/mol. The summed E-state index contributed by atoms with van der Waals surface area (Å²) >= 11 is 0. The number of rotatable bonds is 9. The van der Waals surface area contributed by atoms with Crippen LogP contribution in [0.2, 0.25) is 0 Å². The Kier molecular flexibility index (Phi) is 8.15. The molecular weight excluding hydrogens is 304 g/mol. The molecule has 25 heavy (non-hydrogen) atoms. The lowest BCUT2D eigenvalue weighted by Crippen LogP contribution is -2.42. The van der Waals surface area contributed by atoms with E-state index >= 15 is 0 Å². The van der Waals surface area contributed by atoms with Crippen molar-refractivity contribution in [2.75, 3.05) is 6.61 Å². The van der Waals surface area contributed by atoms with Gasteiger partial charge < -0.3 is 4.74 Å². The molecule has 3 saturated carbocycles. The second-order valence-corrected chi connectivity index (χ2v) is 9.61. The molecule has 4 unspecified atom stereocenters. The number of fused-ring (bicyclic) bond motifs is 3. The summed E-state index contributed by atoms with van der Waals surface area (Å²) in [6.45, 7) is 5.54. The van der Waals surface area contributed by atoms with Gasteiger partial charge in [0, 0.05) is 6.61 Å². The van der Waals surface area contributed by atoms with E-state index in [4.69, 9.17) is 4.74 Å². The van der Waals surface area contributed by atoms with Crippen molar-refractivity contribution in [3.63, 3.8) is 0 Å². The fourth-order valence-corrected chi connectivity index (χ4v) is 6.58. The lowest BCUT2D eigenvalue weighted by Gasteiger charge is -2.50. The molecule has 6 atom stereocenters. The summed E-state index contributed by atoms with van der Waals surface area (Å²) in [5.41, 5.74) is 0. The number of ether oxygens (including phenoxy) is 1. The Balaban J connectivity index is 1.41. The van der Waals surface area contributed by atoms with Gasteiger partial charge >= 0.3 is 0 Å². The lowest BCUT2D eigenvalue weighted by molar-refractivity contribution is -0.0531. The van der Waals surface area contributed by atoms with E-state index in [0.717, 1.165) is 36.2 Å². The van der Waals surface area contributed by atoms with E-state index < -0.39 is 0 Å². The monoisotopic (exact) mass is 348 g/mol. The van der Waals surface area contributed by atoms with Crippen LogP contribution in [-0.2, 0) is 4.74 Å². The van der Waals surface area contributed by atoms with Crippen molar-refractivity contribution in [2.45, 2.75) is 116 Å². The summed E-state index contributed by atoms with van der Waals surface area (Å²) in [5.74, 6) is 5.31. The standard InChI is InChI=1S/C24H44O/c1-3-5-6-7-8-9-19-10-14-23-20(17-19)11-12-21-18-22(25-16-4-2)13-15-24(21)23/h19-24H,3-18H2,1-2H3/t19-,20?,21?,22-,23?,24?/m0/s1. The van der Waals surface area contributed by atoms with E-state index in [2.05, 4.69) is 13.8 Å². The Bertz CT molecular complexity index is 365. The molecular formula is C24H44O. The van der Waals surface area contributed by atoms with E-state index in [9.17, 15) is 0 Å². The smallest absolute Gasteiger partial charge is 0.0578 e. The maximum absolute atomic E-state index is 6.11. The van der Waals surface area contributed by atoms with Crippen LogP contribution in [0.3, 0.4) is 0 Å². The van der Waals surface area contributed by atoms with Gasteiger partial charge in [-0.3, -0.25) is 0 Å². The van der Waals surface area contributed by atoms with Crippen molar-refractivity contribution in [1.82, 2.24) is 0 Å². The Morgan fingerprint density at radius 3 is 2.16 bits per heavy atom. The molecule has 0 aromatic rings. The topological polar surface area (TPSA) is 9.23 Å². The fraction of sp³-hybridized carbons (Fsp3) is 1.00. The Labute approximate surface area is 157 Å². The van der Waals surface area contributed by atoms with Crippen LogP contribution >= 0.6 is 0 Å². The minimum atomic E-state index is 0.595. The Morgan fingerprint density at radius 1 is 0.680 bits per heavy atom. The van der Waals surface area contributed by atoms with Crippen molar-refractivity contribution in [2.24, 2.45) is 29.6 Å². The first-order valence-electron chi connectivity index (χ1n) is 11.9. The minimum Gasteiger partial charge on any atom is -0.378 e. The number of unbranched alkanes of at least 4 members (excludes halogenated alkanes) is 4. The molecule has 1 heteroatoms. The third-order valence-electron chi connectivity index (χ3n) is 7.87. The van der Waals surface area contributed by atoms with Crippen molar-refractivity contribution in [1.29, 1.82) is 0 Å². The van der Waals surface area contributed by atoms with Crippen LogP contribution in [0.5, 0.6) is 0 Å². The van der Waals surface area contributed by atoms with E-state index in [1.807, 2.05) is 0 Å². The molecule has 0 aromatic carbocycles. The summed E-state index contributed by atoms with van der Waals surface area (Å²) < 4.78 is 6.11. The second kappa shape index (κ2) is 10.3. The van der Waals surface area contributed by atoms with Gasteiger partial charge in [0.2, 0.25) is 0 Å². The third-order valence-corrected chi connectivity index (χ3v) is 7.87. The molecule has 3 rings (SSSR count). The van der Waals surface area contributed by atoms with Crippen LogP contribution in [-0.4, -0.2) is 12.7 Å². The van der Waals surface area contributed by atoms with E-state index in [-0.39, 0.29) is 0 Å². The SMILES string of the molecule is CCCCCCC[C@H]1CCC2C(CCC3C[C@@H](OCCC)CCC32)C1. The predicted molar refractivity (Wildman–Crippen MR) is 108 cm³/mol. The molecule has 3 fully saturated rings. The summed E-state index contributed by atoms with van der Waals surface area (Å²) in [4.78, 5) is 0. The molecule has 0 heterocycles. The first-order valence-corrected chi connectivity index (χ1v) is 11.9. The summed E-state index contributed by atoms with van der Waals surface area (Å²) in [7, 11) is 0. The van der Waals surface area contributed by atoms with Gasteiger partial charge in [0.05, 0.1) is 6.10 Å². The largest absolute Gasteiger partial charge is 0.378 e. The van der Waals surface area contributed by atoms with Gasteiger partial charge in [-0.05, 0) is 81.0 Å². The summed E-state index contributed by atoms with van der Waals surface area (Å²) in [5, 5.41) is 0. The van der Waals surface area contributed by atoms with Crippen LogP contribution < -0.4 is 0 Å². The van der Waals surface area contributed by atoms with Crippen molar-refractivity contribution >= 4 is 0 Å². The van der Waals surface area contributed by atoms with Crippen LogP contribution in [0.1, 0.15) is 110 Å². The highest BCUT2D eigenvalue weighted by Crippen LogP contribution is 2.53. The van der Waals surface area contributed by atoms with Gasteiger partial charge in [-0.2, -0.15) is 0 Å². The van der Waals surface area contributed by atoms with E-state index in [1.54, 1.807) is 25.7 Å². The van der Waals surface area contributed by atoms with Gasteiger partial charge in [-0.15, -0.1) is 0 Å². The van der Waals surface area contributed by atoms with Gasteiger partial charge in [-0.1, -0.05) is 58.8 Å². The highest BCUT2D eigenvalue weighted by molar-refractivity contribution is 4.94. The number of hydrogen-bond acceptors (Lipinski definition) is 1. The normalized spacial score (nSPS) is 38.2. The highest BCUT2D eigenvalue weighted by atomic mass is 16.5. The van der Waals surface area contributed by atoms with Crippen LogP contribution in [0.15, 0.2) is 0 Å². The Hall–Kier alpha value is -0.0400. The molecule has 0 aliphatic heterocycles. The molecule has 3 aliphatic rings. The molecule has 0 spiro atoms. The second-order valence-electron chi connectivity index (χ2n) is 9.61. The number of hydrogen-bond donors (Lipinski definition) is 0. The molecule has 0 aromatic heterocycles. The highest BCUT2D eigenvalue weighted by Gasteiger charge is 2.44. The molecule has 0 bridgehead atoms. The van der Waals surface area contributed by atoms with Crippen LogP contribution in [0, 0.1) is 29.6 Å². The first kappa shape index (κ1) is 19.7. The van der Waals surface area contributed by atoms with Gasteiger partial charge in [0.1, 0.15) is 0 Å². The zero-order valence-corrected chi connectivity index (χ0v) is 17.2. The third kappa shape index (κ3) is 5.47. The zero-order valence-electron chi connectivity index (χ0n) is 17.2. The van der Waals surface area contributed by atoms with Gasteiger partial charge in [0.15, 0.2) is 0 Å². The molecule has 0 radical (unpaired) electrons. The average Bonchev–Trinajstić information content (AvgIpc) is 2.65. The zero-order chi connectivity index (χ0) is 17.5. The van der Waals surface area contributed by atoms with Crippen LogP contribution in [0.25, 0.3) is 0 Å². The molecule has 0 amide bonds. The molecule has 146 valence electrons. The van der Waals surface area contributed by atoms with Crippen LogP contribution in [0.4, 0.5) is 0 Å². The fourth-order valence-electron chi connectivity index (χ4n) is 6.58. The minimum absolute atomic E-state index is 0.595. The van der Waals surface area contributed by atoms with Crippen molar-refractivity contribution in [3.8, 4) is 0 Å². The van der Waals surface area contributed by atoms with E-state index in [0.29, 0.717) is 6.10 Å².